The van der Waals surface area contributed by atoms with Crippen LogP contribution in [-0.4, -0.2) is 42.9 Å². The number of piperidine rings is 1. The number of likely N-dealkylation sites (tertiary alicyclic amines) is 1. The number of hydrogen-bond acceptors (Lipinski definition) is 3. The van der Waals surface area contributed by atoms with Gasteiger partial charge in [0.25, 0.3) is 5.91 Å². The van der Waals surface area contributed by atoms with Gasteiger partial charge in [-0.25, -0.2) is 0 Å². The lowest BCUT2D eigenvalue weighted by Crippen LogP contribution is -2.41. The minimum absolute atomic E-state index is 0.0356. The molecule has 152 valence electrons. The molecule has 2 aromatic rings. The first kappa shape index (κ1) is 19.6. The van der Waals surface area contributed by atoms with Crippen LogP contribution >= 0.6 is 0 Å². The monoisotopic (exact) mass is 391 g/mol. The highest BCUT2D eigenvalue weighted by Crippen LogP contribution is 2.40. The van der Waals surface area contributed by atoms with Crippen LogP contribution in [0.1, 0.15) is 49.4 Å². The molecule has 1 fully saturated rings. The Labute approximate surface area is 172 Å². The van der Waals surface area contributed by atoms with Gasteiger partial charge in [0, 0.05) is 26.1 Å². The molecule has 0 aliphatic carbocycles. The number of benzene rings is 2. The zero-order valence-electron chi connectivity index (χ0n) is 17.3. The van der Waals surface area contributed by atoms with Crippen LogP contribution in [0.2, 0.25) is 0 Å². The number of nitrogens with zero attached hydrogens (tertiary/aromatic N) is 3. The van der Waals surface area contributed by atoms with Crippen LogP contribution in [0.4, 0.5) is 17.1 Å². The lowest BCUT2D eigenvalue weighted by Gasteiger charge is -2.35. The van der Waals surface area contributed by atoms with Crippen molar-refractivity contribution < 1.29 is 9.59 Å². The lowest BCUT2D eigenvalue weighted by molar-refractivity contribution is -0.118. The molecule has 2 aromatic carbocycles. The van der Waals surface area contributed by atoms with Gasteiger partial charge < -0.3 is 4.90 Å². The average Bonchev–Trinajstić information content (AvgIpc) is 2.86. The largest absolute Gasteiger partial charge is 0.309 e. The molecule has 29 heavy (non-hydrogen) atoms. The lowest BCUT2D eigenvalue weighted by atomic mass is 10.00. The number of anilines is 3. The molecule has 0 N–H and O–H groups in total. The minimum atomic E-state index is -0.0922. The van der Waals surface area contributed by atoms with E-state index in [1.54, 1.807) is 22.9 Å². The van der Waals surface area contributed by atoms with Gasteiger partial charge in [-0.3, -0.25) is 19.4 Å². The maximum absolute atomic E-state index is 13.5. The smallest absolute Gasteiger partial charge is 0.260 e. The summed E-state index contributed by atoms with van der Waals surface area (Å²) in [7, 11) is 1.77. The van der Waals surface area contributed by atoms with Gasteiger partial charge in [-0.05, 0) is 50.1 Å². The Bertz CT molecular complexity index is 911. The van der Waals surface area contributed by atoms with Crippen molar-refractivity contribution in [2.45, 2.75) is 45.1 Å². The maximum atomic E-state index is 13.5. The number of fused-ring (bicyclic) bond motifs is 2. The predicted molar refractivity (Wildman–Crippen MR) is 117 cm³/mol. The molecule has 2 aliphatic heterocycles. The summed E-state index contributed by atoms with van der Waals surface area (Å²) >= 11 is 0. The van der Waals surface area contributed by atoms with Crippen molar-refractivity contribution in [3.05, 3.63) is 54.1 Å². The van der Waals surface area contributed by atoms with Gasteiger partial charge >= 0.3 is 0 Å². The SMILES string of the molecule is CCC1CCCCN1CCC(=O)N1c2ccccc2C(=O)N(C)c2ccccc21. The van der Waals surface area contributed by atoms with Gasteiger partial charge in [-0.2, -0.15) is 0 Å². The molecule has 0 saturated carbocycles. The Morgan fingerprint density at radius 2 is 1.69 bits per heavy atom. The molecule has 5 nitrogen and oxygen atoms in total. The second-order valence-corrected chi connectivity index (χ2v) is 7.94. The third-order valence-corrected chi connectivity index (χ3v) is 6.25. The van der Waals surface area contributed by atoms with Crippen LogP contribution in [0.3, 0.4) is 0 Å². The van der Waals surface area contributed by atoms with Crippen LogP contribution in [0.15, 0.2) is 48.5 Å². The van der Waals surface area contributed by atoms with E-state index in [4.69, 9.17) is 0 Å². The molecule has 0 aromatic heterocycles. The molecule has 0 radical (unpaired) electrons. The van der Waals surface area contributed by atoms with E-state index in [0.717, 1.165) is 30.9 Å². The second kappa shape index (κ2) is 8.37. The summed E-state index contributed by atoms with van der Waals surface area (Å²) in [6, 6.07) is 15.6. The van der Waals surface area contributed by atoms with Crippen molar-refractivity contribution in [1.82, 2.24) is 4.90 Å². The van der Waals surface area contributed by atoms with Crippen LogP contribution in [0.25, 0.3) is 0 Å². The van der Waals surface area contributed by atoms with Gasteiger partial charge in [0.2, 0.25) is 5.91 Å². The second-order valence-electron chi connectivity index (χ2n) is 7.94. The molecule has 1 atom stereocenters. The fourth-order valence-corrected chi connectivity index (χ4v) is 4.64. The zero-order valence-corrected chi connectivity index (χ0v) is 17.3. The van der Waals surface area contributed by atoms with E-state index in [0.29, 0.717) is 23.7 Å². The highest BCUT2D eigenvalue weighted by molar-refractivity contribution is 6.18. The Balaban J connectivity index is 1.67. The molecule has 5 heteroatoms. The van der Waals surface area contributed by atoms with Crippen LogP contribution < -0.4 is 9.80 Å². The number of rotatable bonds is 4. The normalized spacial score (nSPS) is 19.5. The van der Waals surface area contributed by atoms with E-state index in [9.17, 15) is 9.59 Å². The molecule has 1 saturated heterocycles. The first-order chi connectivity index (χ1) is 14.1. The van der Waals surface area contributed by atoms with Crippen LogP contribution in [-0.2, 0) is 4.79 Å². The summed E-state index contributed by atoms with van der Waals surface area (Å²) in [4.78, 5) is 32.4. The van der Waals surface area contributed by atoms with Crippen molar-refractivity contribution in [2.24, 2.45) is 0 Å². The summed E-state index contributed by atoms with van der Waals surface area (Å²) in [6.07, 6.45) is 5.28. The van der Waals surface area contributed by atoms with Gasteiger partial charge in [-0.1, -0.05) is 37.6 Å². The van der Waals surface area contributed by atoms with E-state index < -0.39 is 0 Å². The van der Waals surface area contributed by atoms with E-state index in [2.05, 4.69) is 11.8 Å². The van der Waals surface area contributed by atoms with Gasteiger partial charge in [0.1, 0.15) is 0 Å². The number of para-hydroxylation sites is 3. The van der Waals surface area contributed by atoms with E-state index in [-0.39, 0.29) is 11.8 Å². The topological polar surface area (TPSA) is 43.9 Å². The number of hydrogen-bond donors (Lipinski definition) is 0. The molecular weight excluding hydrogens is 362 g/mol. The van der Waals surface area contributed by atoms with Crippen molar-refractivity contribution in [3.63, 3.8) is 0 Å². The molecule has 4 rings (SSSR count). The Kier molecular flexibility index (Phi) is 5.67. The molecule has 2 heterocycles. The fraction of sp³-hybridized carbons (Fsp3) is 0.417. The highest BCUT2D eigenvalue weighted by atomic mass is 16.2. The Hall–Kier alpha value is -2.66. The summed E-state index contributed by atoms with van der Waals surface area (Å²) in [5, 5.41) is 0. The zero-order chi connectivity index (χ0) is 20.4. The molecular formula is C24H29N3O2. The average molecular weight is 392 g/mol. The van der Waals surface area contributed by atoms with Gasteiger partial charge in [0.15, 0.2) is 0 Å². The number of carbonyl (C=O) groups excluding carboxylic acids is 2. The molecule has 0 bridgehead atoms. The molecule has 1 unspecified atom stereocenters. The standard InChI is InChI=1S/C24H29N3O2/c1-3-18-10-8-9-16-26(18)17-15-23(28)27-20-12-5-4-11-19(20)24(29)25(2)21-13-6-7-14-22(21)27/h4-7,11-14,18H,3,8-10,15-17H2,1-2H3. The molecule has 2 amide bonds. The van der Waals surface area contributed by atoms with E-state index >= 15 is 0 Å². The number of amides is 2. The molecule has 0 spiro atoms. The van der Waals surface area contributed by atoms with Crippen molar-refractivity contribution in [3.8, 4) is 0 Å². The quantitative estimate of drug-likeness (QED) is 0.765. The number of carbonyl (C=O) groups is 2. The van der Waals surface area contributed by atoms with Gasteiger partial charge in [0.05, 0.1) is 22.6 Å². The molecule has 2 aliphatic rings. The van der Waals surface area contributed by atoms with E-state index in [1.165, 1.54) is 19.3 Å². The van der Waals surface area contributed by atoms with Crippen molar-refractivity contribution in [1.29, 1.82) is 0 Å². The maximum Gasteiger partial charge on any atom is 0.260 e. The predicted octanol–water partition coefficient (Wildman–Crippen LogP) is 4.60. The van der Waals surface area contributed by atoms with Crippen molar-refractivity contribution >= 4 is 28.9 Å². The van der Waals surface area contributed by atoms with Crippen LogP contribution in [0, 0.1) is 0 Å². The summed E-state index contributed by atoms with van der Waals surface area (Å²) in [5.74, 6) is -0.0566. The first-order valence-electron chi connectivity index (χ1n) is 10.6. The van der Waals surface area contributed by atoms with Crippen molar-refractivity contribution in [2.75, 3.05) is 29.9 Å². The van der Waals surface area contributed by atoms with Crippen LogP contribution in [0.5, 0.6) is 0 Å². The minimum Gasteiger partial charge on any atom is -0.309 e. The third kappa shape index (κ3) is 3.67. The first-order valence-corrected chi connectivity index (χ1v) is 10.6. The van der Waals surface area contributed by atoms with E-state index in [1.807, 2.05) is 42.5 Å². The summed E-state index contributed by atoms with van der Waals surface area (Å²) < 4.78 is 0. The highest BCUT2D eigenvalue weighted by Gasteiger charge is 2.32. The Morgan fingerprint density at radius 3 is 2.45 bits per heavy atom. The van der Waals surface area contributed by atoms with Gasteiger partial charge in [-0.15, -0.1) is 0 Å². The Morgan fingerprint density at radius 1 is 1.00 bits per heavy atom. The summed E-state index contributed by atoms with van der Waals surface area (Å²) in [5.41, 5.74) is 2.75. The third-order valence-electron chi connectivity index (χ3n) is 6.25. The summed E-state index contributed by atoms with van der Waals surface area (Å²) in [6.45, 7) is 4.07. The fourth-order valence-electron chi connectivity index (χ4n) is 4.64.